The Bertz CT molecular complexity index is 440. The van der Waals surface area contributed by atoms with E-state index in [0.29, 0.717) is 6.04 Å². The zero-order chi connectivity index (χ0) is 15.2. The average Bonchev–Trinajstić information content (AvgIpc) is 2.49. The van der Waals surface area contributed by atoms with E-state index in [9.17, 15) is 0 Å². The van der Waals surface area contributed by atoms with E-state index in [1.165, 1.54) is 11.3 Å². The summed E-state index contributed by atoms with van der Waals surface area (Å²) in [5.74, 6) is 0. The van der Waals surface area contributed by atoms with Gasteiger partial charge < -0.3 is 10.2 Å². The summed E-state index contributed by atoms with van der Waals surface area (Å²) in [5.41, 5.74) is 2.65. The van der Waals surface area contributed by atoms with Gasteiger partial charge >= 0.3 is 0 Å². The number of piperazine rings is 1. The second kappa shape index (κ2) is 8.02. The van der Waals surface area contributed by atoms with Gasteiger partial charge in [0.1, 0.15) is 0 Å². The van der Waals surface area contributed by atoms with Crippen molar-refractivity contribution in [2.24, 2.45) is 0 Å². The van der Waals surface area contributed by atoms with Crippen molar-refractivity contribution < 1.29 is 0 Å². The second-order valence-corrected chi connectivity index (χ2v) is 6.50. The van der Waals surface area contributed by atoms with Crippen LogP contribution in [0, 0.1) is 0 Å². The highest BCUT2D eigenvalue weighted by atomic mass is 35.5. The first-order valence-electron chi connectivity index (χ1n) is 8.10. The van der Waals surface area contributed by atoms with Gasteiger partial charge in [0.15, 0.2) is 0 Å². The van der Waals surface area contributed by atoms with Crippen LogP contribution in [0.5, 0.6) is 0 Å². The Labute approximate surface area is 134 Å². The molecule has 1 heterocycles. The first-order valence-corrected chi connectivity index (χ1v) is 8.47. The molecule has 1 aliphatic heterocycles. The van der Waals surface area contributed by atoms with Crippen molar-refractivity contribution in [3.05, 3.63) is 28.8 Å². The highest BCUT2D eigenvalue weighted by molar-refractivity contribution is 6.30. The molecule has 0 spiro atoms. The van der Waals surface area contributed by atoms with Gasteiger partial charge in [0, 0.05) is 49.5 Å². The fourth-order valence-corrected chi connectivity index (χ4v) is 3.03. The van der Waals surface area contributed by atoms with Crippen molar-refractivity contribution in [3.63, 3.8) is 0 Å². The van der Waals surface area contributed by atoms with Crippen LogP contribution in [0.25, 0.3) is 0 Å². The first kappa shape index (κ1) is 16.6. The Balaban J connectivity index is 2.06. The van der Waals surface area contributed by atoms with Gasteiger partial charge in [-0.15, -0.1) is 0 Å². The number of nitrogens with zero attached hydrogens (tertiary/aromatic N) is 2. The Kier molecular flexibility index (Phi) is 6.34. The van der Waals surface area contributed by atoms with E-state index >= 15 is 0 Å². The molecule has 3 nitrogen and oxygen atoms in total. The summed E-state index contributed by atoms with van der Waals surface area (Å²) in [6.07, 6.45) is 1.16. The number of halogens is 1. The van der Waals surface area contributed by atoms with Crippen molar-refractivity contribution in [1.82, 2.24) is 10.2 Å². The minimum absolute atomic E-state index is 0.636. The van der Waals surface area contributed by atoms with Crippen LogP contribution in [0.15, 0.2) is 18.2 Å². The number of benzene rings is 1. The van der Waals surface area contributed by atoms with E-state index < -0.39 is 0 Å². The van der Waals surface area contributed by atoms with E-state index in [-0.39, 0.29) is 0 Å². The van der Waals surface area contributed by atoms with Crippen molar-refractivity contribution in [3.8, 4) is 0 Å². The average molecular weight is 310 g/mol. The monoisotopic (exact) mass is 309 g/mol. The summed E-state index contributed by atoms with van der Waals surface area (Å²) in [7, 11) is 0. The third-order valence-corrected chi connectivity index (χ3v) is 4.41. The lowest BCUT2D eigenvalue weighted by Crippen LogP contribution is -2.49. The smallest absolute Gasteiger partial charge is 0.0427 e. The maximum atomic E-state index is 6.22. The molecule has 4 heteroatoms. The minimum Gasteiger partial charge on any atom is -0.369 e. The Morgan fingerprint density at radius 3 is 2.52 bits per heavy atom. The summed E-state index contributed by atoms with van der Waals surface area (Å²) >= 11 is 6.22. The molecule has 0 saturated carbocycles. The maximum Gasteiger partial charge on any atom is 0.0427 e. The topological polar surface area (TPSA) is 18.5 Å². The molecule has 0 atom stereocenters. The van der Waals surface area contributed by atoms with Gasteiger partial charge in [-0.1, -0.05) is 24.6 Å². The normalized spacial score (nSPS) is 16.7. The molecule has 1 fully saturated rings. The van der Waals surface area contributed by atoms with Crippen LogP contribution in [-0.4, -0.2) is 43.7 Å². The molecule has 2 rings (SSSR count). The van der Waals surface area contributed by atoms with Crippen LogP contribution in [0.4, 0.5) is 5.69 Å². The lowest BCUT2D eigenvalue weighted by atomic mass is 10.1. The molecule has 0 radical (unpaired) electrons. The molecule has 0 aliphatic carbocycles. The Hall–Kier alpha value is -0.770. The van der Waals surface area contributed by atoms with E-state index in [1.54, 1.807) is 0 Å². The Morgan fingerprint density at radius 1 is 1.19 bits per heavy atom. The predicted molar refractivity (Wildman–Crippen MR) is 92.4 cm³/mol. The van der Waals surface area contributed by atoms with E-state index in [2.05, 4.69) is 48.0 Å². The molecule has 0 bridgehead atoms. The Morgan fingerprint density at radius 2 is 1.90 bits per heavy atom. The maximum absolute atomic E-state index is 6.22. The number of nitrogens with one attached hydrogen (secondary N) is 1. The number of rotatable bonds is 6. The van der Waals surface area contributed by atoms with Crippen LogP contribution in [0.2, 0.25) is 5.02 Å². The van der Waals surface area contributed by atoms with Crippen LogP contribution < -0.4 is 10.2 Å². The highest BCUT2D eigenvalue weighted by Gasteiger charge is 2.20. The van der Waals surface area contributed by atoms with Gasteiger partial charge in [0.2, 0.25) is 0 Å². The highest BCUT2D eigenvalue weighted by Crippen LogP contribution is 2.26. The molecule has 118 valence electrons. The van der Waals surface area contributed by atoms with Crippen molar-refractivity contribution in [1.29, 1.82) is 0 Å². The van der Waals surface area contributed by atoms with Crippen LogP contribution in [0.1, 0.15) is 32.8 Å². The number of hydrogen-bond acceptors (Lipinski definition) is 3. The third kappa shape index (κ3) is 4.60. The van der Waals surface area contributed by atoms with Gasteiger partial charge in [-0.25, -0.2) is 0 Å². The molecule has 0 aromatic heterocycles. The van der Waals surface area contributed by atoms with Crippen LogP contribution in [0.3, 0.4) is 0 Å². The first-order chi connectivity index (χ1) is 10.1. The summed E-state index contributed by atoms with van der Waals surface area (Å²) in [6, 6.07) is 6.92. The second-order valence-electron chi connectivity index (χ2n) is 6.07. The lowest BCUT2D eigenvalue weighted by Gasteiger charge is -2.39. The molecular formula is C17H28ClN3. The van der Waals surface area contributed by atoms with Crippen molar-refractivity contribution in [2.75, 3.05) is 37.6 Å². The molecule has 21 heavy (non-hydrogen) atoms. The van der Waals surface area contributed by atoms with Gasteiger partial charge in [0.05, 0.1) is 0 Å². The SMILES string of the molecule is CCCNCc1ccc(Cl)cc1N1CCN(C(C)C)CC1. The lowest BCUT2D eigenvalue weighted by molar-refractivity contribution is 0.209. The molecule has 1 aromatic carbocycles. The zero-order valence-electron chi connectivity index (χ0n) is 13.5. The molecule has 1 saturated heterocycles. The van der Waals surface area contributed by atoms with Crippen molar-refractivity contribution >= 4 is 17.3 Å². The minimum atomic E-state index is 0.636. The fourth-order valence-electron chi connectivity index (χ4n) is 2.86. The van der Waals surface area contributed by atoms with E-state index in [0.717, 1.165) is 50.7 Å². The molecule has 1 aromatic rings. The van der Waals surface area contributed by atoms with Gasteiger partial charge in [-0.2, -0.15) is 0 Å². The molecule has 1 N–H and O–H groups in total. The van der Waals surface area contributed by atoms with Gasteiger partial charge in [-0.05, 0) is 44.5 Å². The summed E-state index contributed by atoms with van der Waals surface area (Å²) in [4.78, 5) is 5.02. The number of anilines is 1. The quantitative estimate of drug-likeness (QED) is 0.813. The van der Waals surface area contributed by atoms with Crippen LogP contribution >= 0.6 is 11.6 Å². The van der Waals surface area contributed by atoms with Crippen molar-refractivity contribution in [2.45, 2.75) is 39.8 Å². The summed E-state index contributed by atoms with van der Waals surface area (Å²) in [5, 5.41) is 4.33. The third-order valence-electron chi connectivity index (χ3n) is 4.17. The van der Waals surface area contributed by atoms with Crippen LogP contribution in [-0.2, 0) is 6.54 Å². The number of hydrogen-bond donors (Lipinski definition) is 1. The van der Waals surface area contributed by atoms with E-state index in [1.807, 2.05) is 6.07 Å². The largest absolute Gasteiger partial charge is 0.369 e. The zero-order valence-corrected chi connectivity index (χ0v) is 14.3. The molecule has 0 amide bonds. The van der Waals surface area contributed by atoms with Gasteiger partial charge in [-0.3, -0.25) is 4.90 Å². The summed E-state index contributed by atoms with van der Waals surface area (Å²) in [6.45, 7) is 13.1. The summed E-state index contributed by atoms with van der Waals surface area (Å²) < 4.78 is 0. The molecule has 0 unspecified atom stereocenters. The van der Waals surface area contributed by atoms with E-state index in [4.69, 9.17) is 11.6 Å². The standard InChI is InChI=1S/C17H28ClN3/c1-4-7-19-13-15-5-6-16(18)12-17(15)21-10-8-20(9-11-21)14(2)3/h5-6,12,14,19H,4,7-11,13H2,1-3H3. The predicted octanol–water partition coefficient (Wildman–Crippen LogP) is 3.37. The molecule has 1 aliphatic rings. The fraction of sp³-hybridized carbons (Fsp3) is 0.647. The molecular weight excluding hydrogens is 282 g/mol. The van der Waals surface area contributed by atoms with Gasteiger partial charge in [0.25, 0.3) is 0 Å².